The number of rotatable bonds is 22. The average molecular weight is 611 g/mol. The maximum Gasteiger partial charge on any atom is 0.322 e. The summed E-state index contributed by atoms with van der Waals surface area (Å²) in [6.45, 7) is 8.54. The van der Waals surface area contributed by atoms with Gasteiger partial charge in [0.15, 0.2) is 0 Å². The van der Waals surface area contributed by atoms with Gasteiger partial charge in [-0.2, -0.15) is 0 Å². The van der Waals surface area contributed by atoms with Crippen LogP contribution in [0.5, 0.6) is 0 Å². The number of benzene rings is 2. The molecule has 0 spiro atoms. The molecule has 0 fully saturated rings. The predicted molar refractivity (Wildman–Crippen MR) is 181 cm³/mol. The Labute approximate surface area is 263 Å². The summed E-state index contributed by atoms with van der Waals surface area (Å²) in [5, 5.41) is 0. The highest BCUT2D eigenvalue weighted by Crippen LogP contribution is 2.19. The molecule has 0 heterocycles. The number of nitrogens with zero attached hydrogens (tertiary/aromatic N) is 2. The van der Waals surface area contributed by atoms with E-state index in [0.717, 1.165) is 55.6 Å². The van der Waals surface area contributed by atoms with E-state index in [4.69, 9.17) is 32.4 Å². The molecule has 2 aromatic carbocycles. The van der Waals surface area contributed by atoms with Crippen molar-refractivity contribution in [2.24, 2.45) is 22.9 Å². The van der Waals surface area contributed by atoms with E-state index >= 15 is 0 Å². The van der Waals surface area contributed by atoms with Crippen molar-refractivity contribution in [1.29, 1.82) is 0 Å². The van der Waals surface area contributed by atoms with Crippen molar-refractivity contribution < 1.29 is 19.1 Å². The summed E-state index contributed by atoms with van der Waals surface area (Å²) in [5.41, 5.74) is 27.3. The molecule has 0 saturated heterocycles. The second kappa shape index (κ2) is 21.3. The molecular formula is C34H54N6O4. The summed E-state index contributed by atoms with van der Waals surface area (Å²) in [6, 6.07) is 15.3. The van der Waals surface area contributed by atoms with E-state index in [0.29, 0.717) is 39.0 Å². The molecule has 0 aromatic heterocycles. The maximum atomic E-state index is 12.4. The number of ether oxygens (including phenoxy) is 2. The van der Waals surface area contributed by atoms with Crippen LogP contribution in [0.3, 0.4) is 0 Å². The van der Waals surface area contributed by atoms with Gasteiger partial charge in [0.2, 0.25) is 0 Å². The molecule has 0 amide bonds. The Kier molecular flexibility index (Phi) is 17.8. The molecule has 0 saturated carbocycles. The lowest BCUT2D eigenvalue weighted by Gasteiger charge is -2.25. The molecule has 8 N–H and O–H groups in total. The molecule has 244 valence electrons. The SMILES string of the molecule is CCN(CC)c1ccc(C=Cc2ccc(N(CCOC(=O)C(N)CCCCN)CCOC(=O)C(N)CCCCN)cc2)cc1. The Morgan fingerprint density at radius 1 is 0.659 bits per heavy atom. The number of carbonyl (C=O) groups excluding carboxylic acids is 2. The lowest BCUT2D eigenvalue weighted by molar-refractivity contribution is -0.145. The quantitative estimate of drug-likeness (QED) is 0.0881. The first-order valence-electron chi connectivity index (χ1n) is 16.0. The van der Waals surface area contributed by atoms with E-state index in [1.807, 2.05) is 29.2 Å². The first-order valence-corrected chi connectivity index (χ1v) is 16.0. The minimum Gasteiger partial charge on any atom is -0.463 e. The molecule has 10 nitrogen and oxygen atoms in total. The molecule has 0 radical (unpaired) electrons. The van der Waals surface area contributed by atoms with Crippen molar-refractivity contribution in [2.45, 2.75) is 64.5 Å². The summed E-state index contributed by atoms with van der Waals surface area (Å²) in [6.07, 6.45) is 8.43. The highest BCUT2D eigenvalue weighted by Gasteiger charge is 2.17. The molecule has 0 aliphatic rings. The molecule has 2 atom stereocenters. The minimum atomic E-state index is -0.670. The Morgan fingerprint density at radius 2 is 1.05 bits per heavy atom. The molecule has 2 aromatic rings. The maximum absolute atomic E-state index is 12.4. The van der Waals surface area contributed by atoms with E-state index in [2.05, 4.69) is 55.2 Å². The molecular weight excluding hydrogens is 556 g/mol. The van der Waals surface area contributed by atoms with Gasteiger partial charge in [0, 0.05) is 24.5 Å². The van der Waals surface area contributed by atoms with Gasteiger partial charge in [-0.25, -0.2) is 0 Å². The third-order valence-electron chi connectivity index (χ3n) is 7.50. The van der Waals surface area contributed by atoms with Gasteiger partial charge in [0.1, 0.15) is 25.3 Å². The monoisotopic (exact) mass is 610 g/mol. The minimum absolute atomic E-state index is 0.154. The van der Waals surface area contributed by atoms with Gasteiger partial charge in [-0.1, -0.05) is 49.3 Å². The summed E-state index contributed by atoms with van der Waals surface area (Å²) >= 11 is 0. The van der Waals surface area contributed by atoms with Gasteiger partial charge < -0.3 is 42.2 Å². The van der Waals surface area contributed by atoms with Crippen molar-refractivity contribution in [3.63, 3.8) is 0 Å². The normalized spacial score (nSPS) is 12.6. The van der Waals surface area contributed by atoms with Gasteiger partial charge >= 0.3 is 11.9 Å². The first kappa shape index (κ1) is 36.8. The van der Waals surface area contributed by atoms with Crippen LogP contribution in [0, 0.1) is 0 Å². The van der Waals surface area contributed by atoms with Crippen LogP contribution >= 0.6 is 0 Å². The zero-order chi connectivity index (χ0) is 32.2. The molecule has 10 heteroatoms. The standard InChI is InChI=1S/C34H54N6O4/c1-3-39(4-2)29-17-13-27(14-18-29)11-12-28-15-19-30(20-16-28)40(23-25-43-33(41)31(37)9-5-7-21-35)24-26-44-34(42)32(38)10-6-8-22-36/h11-20,31-32H,3-10,21-26,35-38H2,1-2H3. The van der Waals surface area contributed by atoms with Gasteiger partial charge in [-0.3, -0.25) is 9.59 Å². The second-order valence-electron chi connectivity index (χ2n) is 10.8. The van der Waals surface area contributed by atoms with E-state index in [1.165, 1.54) is 5.69 Å². The lowest BCUT2D eigenvalue weighted by atomic mass is 10.1. The van der Waals surface area contributed by atoms with Crippen LogP contribution in [0.15, 0.2) is 48.5 Å². The molecule has 0 bridgehead atoms. The van der Waals surface area contributed by atoms with Gasteiger partial charge in [0.25, 0.3) is 0 Å². The van der Waals surface area contributed by atoms with Crippen molar-refractivity contribution in [3.05, 3.63) is 59.7 Å². The van der Waals surface area contributed by atoms with Gasteiger partial charge in [-0.05, 0) is 88.0 Å². The second-order valence-corrected chi connectivity index (χ2v) is 10.8. The summed E-state index contributed by atoms with van der Waals surface area (Å²) in [7, 11) is 0. The van der Waals surface area contributed by atoms with E-state index in [9.17, 15) is 9.59 Å². The predicted octanol–water partition coefficient (Wildman–Crippen LogP) is 3.51. The van der Waals surface area contributed by atoms with Gasteiger partial charge in [-0.15, -0.1) is 0 Å². The van der Waals surface area contributed by atoms with Crippen LogP contribution in [0.1, 0.15) is 63.5 Å². The highest BCUT2D eigenvalue weighted by atomic mass is 16.5. The zero-order valence-electron chi connectivity index (χ0n) is 26.7. The Balaban J connectivity index is 2.02. The molecule has 44 heavy (non-hydrogen) atoms. The molecule has 0 aliphatic heterocycles. The van der Waals surface area contributed by atoms with E-state index in [-0.39, 0.29) is 13.2 Å². The van der Waals surface area contributed by atoms with Crippen molar-refractivity contribution in [3.8, 4) is 0 Å². The van der Waals surface area contributed by atoms with Gasteiger partial charge in [0.05, 0.1) is 13.1 Å². The van der Waals surface area contributed by atoms with E-state index < -0.39 is 24.0 Å². The van der Waals surface area contributed by atoms with Crippen molar-refractivity contribution in [1.82, 2.24) is 0 Å². The fraction of sp³-hybridized carbons (Fsp3) is 0.529. The number of hydrogen-bond donors (Lipinski definition) is 4. The van der Waals surface area contributed by atoms with Crippen LogP contribution in [0.2, 0.25) is 0 Å². The average Bonchev–Trinajstić information content (AvgIpc) is 3.04. The summed E-state index contributed by atoms with van der Waals surface area (Å²) in [4.78, 5) is 29.0. The number of carbonyl (C=O) groups is 2. The fourth-order valence-corrected chi connectivity index (χ4v) is 4.72. The molecule has 0 aliphatic carbocycles. The molecule has 2 unspecified atom stereocenters. The third-order valence-corrected chi connectivity index (χ3v) is 7.50. The van der Waals surface area contributed by atoms with Crippen LogP contribution in [-0.2, 0) is 19.1 Å². The topological polar surface area (TPSA) is 163 Å². The first-order chi connectivity index (χ1) is 21.3. The third kappa shape index (κ3) is 13.5. The number of hydrogen-bond acceptors (Lipinski definition) is 10. The smallest absolute Gasteiger partial charge is 0.322 e. The Bertz CT molecular complexity index is 1070. The van der Waals surface area contributed by atoms with Crippen molar-refractivity contribution >= 4 is 35.5 Å². The summed E-state index contributed by atoms with van der Waals surface area (Å²) < 4.78 is 10.9. The fourth-order valence-electron chi connectivity index (χ4n) is 4.72. The summed E-state index contributed by atoms with van der Waals surface area (Å²) in [5.74, 6) is -0.857. The Hall–Kier alpha value is -3.44. The lowest BCUT2D eigenvalue weighted by Crippen LogP contribution is -2.37. The van der Waals surface area contributed by atoms with Crippen molar-refractivity contribution in [2.75, 3.05) is 62.3 Å². The van der Waals surface area contributed by atoms with Crippen LogP contribution in [0.4, 0.5) is 11.4 Å². The Morgan fingerprint density at radius 3 is 1.41 bits per heavy atom. The zero-order valence-corrected chi connectivity index (χ0v) is 26.7. The van der Waals surface area contributed by atoms with Crippen LogP contribution < -0.4 is 32.7 Å². The van der Waals surface area contributed by atoms with Crippen LogP contribution in [-0.4, -0.2) is 76.5 Å². The highest BCUT2D eigenvalue weighted by molar-refractivity contribution is 5.76. The number of anilines is 2. The largest absolute Gasteiger partial charge is 0.463 e. The number of esters is 2. The molecule has 2 rings (SSSR count). The van der Waals surface area contributed by atoms with Crippen LogP contribution in [0.25, 0.3) is 12.2 Å². The number of nitrogens with two attached hydrogens (primary N) is 4. The van der Waals surface area contributed by atoms with E-state index in [1.54, 1.807) is 0 Å². The number of unbranched alkanes of at least 4 members (excludes halogenated alkanes) is 2.